The highest BCUT2D eigenvalue weighted by Gasteiger charge is 2.17. The zero-order valence-corrected chi connectivity index (χ0v) is 12.6. The van der Waals surface area contributed by atoms with Gasteiger partial charge in [0.25, 0.3) is 0 Å². The zero-order valence-electron chi connectivity index (χ0n) is 9.51. The first-order chi connectivity index (χ1) is 8.49. The second-order valence-electron chi connectivity index (χ2n) is 3.98. The molecule has 1 unspecified atom stereocenters. The Bertz CT molecular complexity index is 526. The number of hydrogen-bond donors (Lipinski definition) is 0. The van der Waals surface area contributed by atoms with Crippen LogP contribution in [0.15, 0.2) is 24.3 Å². The molecule has 1 atom stereocenters. The van der Waals surface area contributed by atoms with E-state index in [1.807, 2.05) is 13.0 Å². The van der Waals surface area contributed by atoms with Gasteiger partial charge in [-0.25, -0.2) is 4.39 Å². The molecule has 5 heteroatoms. The Labute approximate surface area is 124 Å². The number of alkyl halides is 1. The summed E-state index contributed by atoms with van der Waals surface area (Å²) < 4.78 is 14.4. The molecule has 0 radical (unpaired) electrons. The second-order valence-corrected chi connectivity index (χ2v) is 6.60. The van der Waals surface area contributed by atoms with Crippen LogP contribution in [0.1, 0.15) is 21.4 Å². The van der Waals surface area contributed by atoms with Crippen molar-refractivity contribution in [1.82, 2.24) is 0 Å². The molecule has 18 heavy (non-hydrogen) atoms. The smallest absolute Gasteiger partial charge is 0.127 e. The van der Waals surface area contributed by atoms with E-state index in [1.54, 1.807) is 12.1 Å². The van der Waals surface area contributed by atoms with Crippen LogP contribution in [0.2, 0.25) is 9.36 Å². The van der Waals surface area contributed by atoms with Crippen LogP contribution in [0.25, 0.3) is 0 Å². The minimum absolute atomic E-state index is 0.324. The number of benzene rings is 1. The fourth-order valence-corrected chi connectivity index (χ4v) is 3.43. The molecule has 0 aliphatic heterocycles. The Hall–Kier alpha value is -0.280. The molecule has 0 saturated heterocycles. The van der Waals surface area contributed by atoms with Crippen LogP contribution in [-0.4, -0.2) is 0 Å². The number of aryl methyl sites for hydroxylation is 1. The van der Waals surface area contributed by atoms with E-state index < -0.39 is 0 Å². The van der Waals surface area contributed by atoms with Gasteiger partial charge in [0, 0.05) is 15.5 Å². The Morgan fingerprint density at radius 3 is 2.61 bits per heavy atom. The summed E-state index contributed by atoms with van der Waals surface area (Å²) in [6.45, 7) is 1.92. The maximum atomic E-state index is 13.6. The van der Waals surface area contributed by atoms with Crippen molar-refractivity contribution in [2.24, 2.45) is 0 Å². The highest BCUT2D eigenvalue weighted by molar-refractivity contribution is 7.16. The molecule has 96 valence electrons. The predicted molar refractivity (Wildman–Crippen MR) is 77.8 cm³/mol. The molecular formula is C13H10Cl3FS. The molecule has 0 N–H and O–H groups in total. The van der Waals surface area contributed by atoms with Crippen LogP contribution in [0.4, 0.5) is 4.39 Å². The maximum absolute atomic E-state index is 13.6. The van der Waals surface area contributed by atoms with Gasteiger partial charge in [0.15, 0.2) is 0 Å². The number of rotatable bonds is 3. The Kier molecular flexibility index (Phi) is 4.54. The summed E-state index contributed by atoms with van der Waals surface area (Å²) in [5.74, 6) is -0.326. The molecule has 1 aromatic heterocycles. The van der Waals surface area contributed by atoms with Gasteiger partial charge in [-0.15, -0.1) is 22.9 Å². The normalized spacial score (nSPS) is 12.7. The summed E-state index contributed by atoms with van der Waals surface area (Å²) in [5.41, 5.74) is 1.43. The zero-order chi connectivity index (χ0) is 13.3. The average molecular weight is 324 g/mol. The number of thiophene rings is 1. The van der Waals surface area contributed by atoms with Gasteiger partial charge >= 0.3 is 0 Å². The fourth-order valence-electron chi connectivity index (χ4n) is 1.65. The Morgan fingerprint density at radius 1 is 1.33 bits per heavy atom. The summed E-state index contributed by atoms with van der Waals surface area (Å²) in [7, 11) is 0. The molecule has 0 bridgehead atoms. The monoisotopic (exact) mass is 322 g/mol. The van der Waals surface area contributed by atoms with Gasteiger partial charge in [-0.05, 0) is 37.1 Å². The fraction of sp³-hybridized carbons (Fsp3) is 0.231. The minimum Gasteiger partial charge on any atom is -0.207 e. The van der Waals surface area contributed by atoms with Crippen LogP contribution in [0, 0.1) is 12.7 Å². The predicted octanol–water partition coefficient (Wildman–Crippen LogP) is 6.03. The van der Waals surface area contributed by atoms with E-state index in [-0.39, 0.29) is 11.2 Å². The van der Waals surface area contributed by atoms with E-state index in [9.17, 15) is 4.39 Å². The molecule has 0 nitrogen and oxygen atoms in total. The molecule has 0 spiro atoms. The van der Waals surface area contributed by atoms with Crippen molar-refractivity contribution in [2.75, 3.05) is 0 Å². The Balaban J connectivity index is 2.23. The summed E-state index contributed by atoms with van der Waals surface area (Å²) in [6.07, 6.45) is 0.351. The van der Waals surface area contributed by atoms with Crippen LogP contribution in [0.5, 0.6) is 0 Å². The molecule has 0 amide bonds. The first-order valence-electron chi connectivity index (χ1n) is 5.32. The van der Waals surface area contributed by atoms with E-state index in [0.29, 0.717) is 17.0 Å². The quantitative estimate of drug-likeness (QED) is 0.605. The largest absolute Gasteiger partial charge is 0.207 e. The summed E-state index contributed by atoms with van der Waals surface area (Å²) in [6, 6.07) is 6.56. The van der Waals surface area contributed by atoms with Gasteiger partial charge in [-0.3, -0.25) is 0 Å². The standard InChI is InChI=1S/C13H10Cl3FS/c1-7-5-12(18-13(7)16)10(15)6-8-9(14)3-2-4-11(8)17/h2-5,10H,6H2,1H3. The van der Waals surface area contributed by atoms with Gasteiger partial charge < -0.3 is 0 Å². The summed E-state index contributed by atoms with van der Waals surface area (Å²) in [4.78, 5) is 0.929. The van der Waals surface area contributed by atoms with Crippen molar-refractivity contribution in [1.29, 1.82) is 0 Å². The van der Waals surface area contributed by atoms with Gasteiger partial charge in [-0.1, -0.05) is 29.3 Å². The highest BCUT2D eigenvalue weighted by atomic mass is 35.5. The summed E-state index contributed by atoms with van der Waals surface area (Å²) >= 11 is 19.7. The van der Waals surface area contributed by atoms with E-state index in [4.69, 9.17) is 34.8 Å². The van der Waals surface area contributed by atoms with Gasteiger partial charge in [0.05, 0.1) is 9.71 Å². The molecule has 2 rings (SSSR count). The third-order valence-corrected chi connectivity index (χ3v) is 5.17. The van der Waals surface area contributed by atoms with Crippen LogP contribution < -0.4 is 0 Å². The van der Waals surface area contributed by atoms with Crippen molar-refractivity contribution in [3.63, 3.8) is 0 Å². The molecular weight excluding hydrogens is 314 g/mol. The van der Waals surface area contributed by atoms with E-state index in [0.717, 1.165) is 14.8 Å². The number of halogens is 4. The van der Waals surface area contributed by atoms with E-state index in [1.165, 1.54) is 17.4 Å². The van der Waals surface area contributed by atoms with Crippen molar-refractivity contribution >= 4 is 46.1 Å². The average Bonchev–Trinajstić information content (AvgIpc) is 2.64. The van der Waals surface area contributed by atoms with Crippen LogP contribution >= 0.6 is 46.1 Å². The molecule has 0 aliphatic carbocycles. The number of hydrogen-bond acceptors (Lipinski definition) is 1. The maximum Gasteiger partial charge on any atom is 0.127 e. The van der Waals surface area contributed by atoms with Gasteiger partial charge in [0.1, 0.15) is 5.82 Å². The van der Waals surface area contributed by atoms with Gasteiger partial charge in [0.2, 0.25) is 0 Å². The lowest BCUT2D eigenvalue weighted by Crippen LogP contribution is -1.97. The van der Waals surface area contributed by atoms with E-state index in [2.05, 4.69) is 0 Å². The lowest BCUT2D eigenvalue weighted by Gasteiger charge is -2.09. The van der Waals surface area contributed by atoms with Gasteiger partial charge in [-0.2, -0.15) is 0 Å². The lowest BCUT2D eigenvalue weighted by molar-refractivity contribution is 0.608. The minimum atomic E-state index is -0.326. The SMILES string of the molecule is Cc1cc(C(Cl)Cc2c(F)cccc2Cl)sc1Cl. The highest BCUT2D eigenvalue weighted by Crippen LogP contribution is 2.37. The summed E-state index contributed by atoms with van der Waals surface area (Å²) in [5, 5.41) is 0.0793. The van der Waals surface area contributed by atoms with Crippen molar-refractivity contribution in [3.05, 3.63) is 55.4 Å². The molecule has 2 aromatic rings. The molecule has 1 aromatic carbocycles. The molecule has 1 heterocycles. The van der Waals surface area contributed by atoms with Crippen LogP contribution in [-0.2, 0) is 6.42 Å². The third kappa shape index (κ3) is 3.00. The molecule has 0 aliphatic rings. The van der Waals surface area contributed by atoms with E-state index >= 15 is 0 Å². The van der Waals surface area contributed by atoms with Crippen molar-refractivity contribution in [2.45, 2.75) is 18.7 Å². The first kappa shape index (κ1) is 14.1. The molecule has 0 saturated carbocycles. The topological polar surface area (TPSA) is 0 Å². The third-order valence-electron chi connectivity index (χ3n) is 2.63. The first-order valence-corrected chi connectivity index (χ1v) is 7.32. The van der Waals surface area contributed by atoms with Crippen molar-refractivity contribution < 1.29 is 4.39 Å². The second kappa shape index (κ2) is 5.79. The van der Waals surface area contributed by atoms with Crippen molar-refractivity contribution in [3.8, 4) is 0 Å². The lowest BCUT2D eigenvalue weighted by atomic mass is 10.1. The molecule has 0 fully saturated rings. The Morgan fingerprint density at radius 2 is 2.06 bits per heavy atom. The van der Waals surface area contributed by atoms with Crippen LogP contribution in [0.3, 0.4) is 0 Å².